The minimum absolute atomic E-state index is 0.363. The fraction of sp³-hybridized carbons (Fsp3) is 0.412. The van der Waals surface area contributed by atoms with Crippen molar-refractivity contribution in [1.82, 2.24) is 9.97 Å². The summed E-state index contributed by atoms with van der Waals surface area (Å²) in [5.41, 5.74) is 0.981. The molecule has 0 aliphatic rings. The van der Waals surface area contributed by atoms with E-state index in [0.717, 1.165) is 17.9 Å². The third-order valence-corrected chi connectivity index (χ3v) is 3.39. The largest absolute Gasteiger partial charge is 0.354 e. The van der Waals surface area contributed by atoms with Gasteiger partial charge in [-0.25, -0.2) is 9.97 Å². The molecule has 112 valence electrons. The molecular weight excluding hydrogens is 282 g/mol. The first-order valence-corrected chi connectivity index (χ1v) is 7.72. The predicted molar refractivity (Wildman–Crippen MR) is 89.8 cm³/mol. The van der Waals surface area contributed by atoms with Gasteiger partial charge >= 0.3 is 0 Å². The topological polar surface area (TPSA) is 29.0 Å². The second-order valence-corrected chi connectivity index (χ2v) is 6.27. The summed E-state index contributed by atoms with van der Waals surface area (Å²) in [6, 6.07) is 12.1. The zero-order valence-corrected chi connectivity index (χ0v) is 13.8. The van der Waals surface area contributed by atoms with Crippen molar-refractivity contribution in [3.8, 4) is 11.4 Å². The molecule has 0 atom stereocenters. The van der Waals surface area contributed by atoms with E-state index in [9.17, 15) is 0 Å². The Labute approximate surface area is 132 Å². The molecule has 0 bridgehead atoms. The lowest BCUT2D eigenvalue weighted by Crippen LogP contribution is -2.35. The monoisotopic (exact) mass is 303 g/mol. The number of hydrogen-bond donors (Lipinski definition) is 0. The third-order valence-electron chi connectivity index (χ3n) is 3.19. The Bertz CT molecular complexity index is 582. The molecule has 0 aliphatic heterocycles. The van der Waals surface area contributed by atoms with Crippen LogP contribution in [0.3, 0.4) is 0 Å². The van der Waals surface area contributed by atoms with E-state index in [1.165, 1.54) is 0 Å². The summed E-state index contributed by atoms with van der Waals surface area (Å²) in [4.78, 5) is 11.3. The minimum Gasteiger partial charge on any atom is -0.354 e. The lowest BCUT2D eigenvalue weighted by molar-refractivity contribution is 0.566. The van der Waals surface area contributed by atoms with Crippen LogP contribution in [0, 0.1) is 5.92 Å². The first-order valence-electron chi connectivity index (χ1n) is 7.34. The molecule has 21 heavy (non-hydrogen) atoms. The highest BCUT2D eigenvalue weighted by atomic mass is 35.5. The standard InChI is InChI=1S/C17H22ClN3/c1-12(2)11-21(13(3)4)16-10-15(18)19-17(20-16)14-8-6-5-7-9-14/h5-10,12-13H,11H2,1-4H3. The van der Waals surface area contributed by atoms with Crippen molar-refractivity contribution in [3.63, 3.8) is 0 Å². The fourth-order valence-corrected chi connectivity index (χ4v) is 2.41. The van der Waals surface area contributed by atoms with Crippen molar-refractivity contribution >= 4 is 17.4 Å². The SMILES string of the molecule is CC(C)CN(c1cc(Cl)nc(-c2ccccc2)n1)C(C)C. The summed E-state index contributed by atoms with van der Waals surface area (Å²) >= 11 is 6.21. The van der Waals surface area contributed by atoms with E-state index in [2.05, 4.69) is 37.6 Å². The second kappa shape index (κ2) is 6.90. The minimum atomic E-state index is 0.363. The lowest BCUT2D eigenvalue weighted by atomic mass is 10.1. The molecular formula is C17H22ClN3. The molecule has 1 aromatic heterocycles. The van der Waals surface area contributed by atoms with Crippen molar-refractivity contribution in [2.75, 3.05) is 11.4 Å². The number of benzene rings is 1. The van der Waals surface area contributed by atoms with Crippen molar-refractivity contribution in [3.05, 3.63) is 41.6 Å². The van der Waals surface area contributed by atoms with E-state index in [4.69, 9.17) is 16.6 Å². The molecule has 0 radical (unpaired) electrons. The van der Waals surface area contributed by atoms with Crippen LogP contribution in [0.1, 0.15) is 27.7 Å². The van der Waals surface area contributed by atoms with Gasteiger partial charge in [-0.3, -0.25) is 0 Å². The molecule has 0 unspecified atom stereocenters. The number of aromatic nitrogens is 2. The van der Waals surface area contributed by atoms with Crippen LogP contribution in [-0.2, 0) is 0 Å². The summed E-state index contributed by atoms with van der Waals surface area (Å²) in [6.45, 7) is 9.69. The van der Waals surface area contributed by atoms with Gasteiger partial charge < -0.3 is 4.90 Å². The van der Waals surface area contributed by atoms with Crippen molar-refractivity contribution in [2.45, 2.75) is 33.7 Å². The number of anilines is 1. The number of rotatable bonds is 5. The van der Waals surface area contributed by atoms with E-state index in [0.29, 0.717) is 22.9 Å². The summed E-state index contributed by atoms with van der Waals surface area (Å²) in [5, 5.41) is 0.480. The first-order chi connectivity index (χ1) is 9.97. The molecule has 0 saturated carbocycles. The van der Waals surface area contributed by atoms with Crippen molar-refractivity contribution < 1.29 is 0 Å². The maximum atomic E-state index is 6.21. The van der Waals surface area contributed by atoms with Crippen LogP contribution in [0.5, 0.6) is 0 Å². The van der Waals surface area contributed by atoms with Crippen LogP contribution in [0.4, 0.5) is 5.82 Å². The highest BCUT2D eigenvalue weighted by molar-refractivity contribution is 6.29. The number of hydrogen-bond acceptors (Lipinski definition) is 3. The molecule has 1 aromatic carbocycles. The number of halogens is 1. The lowest BCUT2D eigenvalue weighted by Gasteiger charge is -2.29. The Hall–Kier alpha value is -1.61. The third kappa shape index (κ3) is 4.18. The maximum Gasteiger partial charge on any atom is 0.163 e. The normalized spacial score (nSPS) is 11.2. The summed E-state index contributed by atoms with van der Waals surface area (Å²) in [5.74, 6) is 2.12. The Morgan fingerprint density at radius 1 is 1.05 bits per heavy atom. The second-order valence-electron chi connectivity index (χ2n) is 5.88. The molecule has 0 saturated heterocycles. The average molecular weight is 304 g/mol. The van der Waals surface area contributed by atoms with E-state index in [1.807, 2.05) is 36.4 Å². The number of nitrogens with zero attached hydrogens (tertiary/aromatic N) is 3. The van der Waals surface area contributed by atoms with Gasteiger partial charge in [0.1, 0.15) is 11.0 Å². The van der Waals surface area contributed by atoms with Gasteiger partial charge in [0.25, 0.3) is 0 Å². The predicted octanol–water partition coefficient (Wildman–Crippen LogP) is 4.67. The van der Waals surface area contributed by atoms with E-state index in [-0.39, 0.29) is 0 Å². The highest BCUT2D eigenvalue weighted by Crippen LogP contribution is 2.24. The summed E-state index contributed by atoms with van der Waals surface area (Å²) < 4.78 is 0. The molecule has 2 aromatic rings. The fourth-order valence-electron chi connectivity index (χ4n) is 2.23. The van der Waals surface area contributed by atoms with Crippen LogP contribution in [0.25, 0.3) is 11.4 Å². The molecule has 0 amide bonds. The maximum absolute atomic E-state index is 6.21. The van der Waals surface area contributed by atoms with E-state index >= 15 is 0 Å². The van der Waals surface area contributed by atoms with Crippen LogP contribution in [-0.4, -0.2) is 22.6 Å². The van der Waals surface area contributed by atoms with Gasteiger partial charge in [-0.2, -0.15) is 0 Å². The molecule has 1 heterocycles. The molecule has 3 nitrogen and oxygen atoms in total. The van der Waals surface area contributed by atoms with Gasteiger partial charge in [0.05, 0.1) is 0 Å². The zero-order chi connectivity index (χ0) is 15.4. The smallest absolute Gasteiger partial charge is 0.163 e. The Morgan fingerprint density at radius 3 is 2.29 bits per heavy atom. The van der Waals surface area contributed by atoms with Crippen LogP contribution >= 0.6 is 11.6 Å². The van der Waals surface area contributed by atoms with E-state index < -0.39 is 0 Å². The molecule has 0 spiro atoms. The van der Waals surface area contributed by atoms with Gasteiger partial charge in [-0.05, 0) is 19.8 Å². The molecule has 0 fully saturated rings. The van der Waals surface area contributed by atoms with Crippen LogP contribution in [0.15, 0.2) is 36.4 Å². The highest BCUT2D eigenvalue weighted by Gasteiger charge is 2.16. The van der Waals surface area contributed by atoms with Gasteiger partial charge in [-0.1, -0.05) is 55.8 Å². The van der Waals surface area contributed by atoms with Gasteiger partial charge in [0.2, 0.25) is 0 Å². The molecule has 2 rings (SSSR count). The molecule has 0 N–H and O–H groups in total. The Balaban J connectivity index is 2.42. The summed E-state index contributed by atoms with van der Waals surface area (Å²) in [6.07, 6.45) is 0. The van der Waals surface area contributed by atoms with E-state index in [1.54, 1.807) is 0 Å². The Morgan fingerprint density at radius 2 is 1.71 bits per heavy atom. The van der Waals surface area contributed by atoms with Gasteiger partial charge in [0, 0.05) is 24.2 Å². The Kier molecular flexibility index (Phi) is 5.18. The average Bonchev–Trinajstić information content (AvgIpc) is 2.44. The van der Waals surface area contributed by atoms with Gasteiger partial charge in [-0.15, -0.1) is 0 Å². The summed E-state index contributed by atoms with van der Waals surface area (Å²) in [7, 11) is 0. The van der Waals surface area contributed by atoms with Crippen LogP contribution < -0.4 is 4.90 Å². The molecule has 0 aliphatic carbocycles. The first kappa shape index (κ1) is 15.8. The molecule has 4 heteroatoms. The quantitative estimate of drug-likeness (QED) is 0.752. The van der Waals surface area contributed by atoms with Crippen molar-refractivity contribution in [1.29, 1.82) is 0 Å². The zero-order valence-electron chi connectivity index (χ0n) is 13.0. The van der Waals surface area contributed by atoms with Crippen LogP contribution in [0.2, 0.25) is 5.15 Å². The van der Waals surface area contributed by atoms with Gasteiger partial charge in [0.15, 0.2) is 5.82 Å². The van der Waals surface area contributed by atoms with Crippen molar-refractivity contribution in [2.24, 2.45) is 5.92 Å².